The van der Waals surface area contributed by atoms with Crippen molar-refractivity contribution in [2.45, 2.75) is 6.61 Å². The largest absolute Gasteiger partial charge is 0.488 e. The van der Waals surface area contributed by atoms with Crippen LogP contribution in [0.1, 0.15) is 5.56 Å². The van der Waals surface area contributed by atoms with E-state index in [1.54, 1.807) is 0 Å². The van der Waals surface area contributed by atoms with Crippen LogP contribution in [0.2, 0.25) is 0 Å². The summed E-state index contributed by atoms with van der Waals surface area (Å²) in [4.78, 5) is 0. The molecule has 0 heterocycles. The SMILES string of the molecule is [c]1cccc(-c2ccccc2)c1OCc1cccc2ccccc12. The number of para-hydroxylation sites is 1. The maximum Gasteiger partial charge on any atom is 0.135 e. The molecule has 0 unspecified atom stereocenters. The smallest absolute Gasteiger partial charge is 0.135 e. The van der Waals surface area contributed by atoms with Crippen LogP contribution in [-0.4, -0.2) is 0 Å². The second-order valence-corrected chi connectivity index (χ2v) is 5.71. The van der Waals surface area contributed by atoms with Crippen LogP contribution in [0.3, 0.4) is 0 Å². The minimum absolute atomic E-state index is 0.529. The van der Waals surface area contributed by atoms with Crippen molar-refractivity contribution in [3.8, 4) is 16.9 Å². The Morgan fingerprint density at radius 1 is 0.708 bits per heavy atom. The Kier molecular flexibility index (Phi) is 3.99. The third kappa shape index (κ3) is 2.89. The van der Waals surface area contributed by atoms with Gasteiger partial charge >= 0.3 is 0 Å². The monoisotopic (exact) mass is 309 g/mol. The first-order chi connectivity index (χ1) is 11.9. The molecule has 0 aromatic heterocycles. The van der Waals surface area contributed by atoms with E-state index in [0.717, 1.165) is 16.9 Å². The summed E-state index contributed by atoms with van der Waals surface area (Å²) >= 11 is 0. The van der Waals surface area contributed by atoms with E-state index in [4.69, 9.17) is 4.74 Å². The Hall–Kier alpha value is -3.06. The molecule has 1 heteroatoms. The molecule has 0 saturated carbocycles. The third-order valence-electron chi connectivity index (χ3n) is 4.15. The lowest BCUT2D eigenvalue weighted by atomic mass is 10.0. The summed E-state index contributed by atoms with van der Waals surface area (Å²) in [5, 5.41) is 2.47. The fourth-order valence-corrected chi connectivity index (χ4v) is 2.95. The van der Waals surface area contributed by atoms with E-state index >= 15 is 0 Å². The van der Waals surface area contributed by atoms with Gasteiger partial charge in [0.05, 0.1) is 0 Å². The zero-order chi connectivity index (χ0) is 16.2. The number of hydrogen-bond acceptors (Lipinski definition) is 1. The maximum atomic E-state index is 6.13. The van der Waals surface area contributed by atoms with Gasteiger partial charge in [0.25, 0.3) is 0 Å². The predicted octanol–water partition coefficient (Wildman–Crippen LogP) is 5.89. The highest BCUT2D eigenvalue weighted by molar-refractivity contribution is 5.85. The van der Waals surface area contributed by atoms with E-state index in [1.165, 1.54) is 16.3 Å². The molecule has 0 aliphatic heterocycles. The molecule has 0 N–H and O–H groups in total. The Labute approximate surface area is 142 Å². The molecule has 0 aliphatic carbocycles. The summed E-state index contributed by atoms with van der Waals surface area (Å²) < 4.78 is 6.13. The number of rotatable bonds is 4. The first-order valence-electron chi connectivity index (χ1n) is 8.07. The van der Waals surface area contributed by atoms with Gasteiger partial charge in [0.15, 0.2) is 0 Å². The van der Waals surface area contributed by atoms with E-state index < -0.39 is 0 Å². The molecule has 0 fully saturated rings. The molecule has 0 aliphatic rings. The van der Waals surface area contributed by atoms with Crippen molar-refractivity contribution >= 4 is 10.8 Å². The average Bonchev–Trinajstić information content (AvgIpc) is 2.67. The molecule has 24 heavy (non-hydrogen) atoms. The molecule has 4 aromatic rings. The molecule has 1 nitrogen and oxygen atoms in total. The minimum Gasteiger partial charge on any atom is -0.488 e. The topological polar surface area (TPSA) is 9.23 Å². The van der Waals surface area contributed by atoms with Crippen LogP contribution in [-0.2, 0) is 6.61 Å². The lowest BCUT2D eigenvalue weighted by molar-refractivity contribution is 0.308. The molecule has 0 saturated heterocycles. The fourth-order valence-electron chi connectivity index (χ4n) is 2.95. The van der Waals surface area contributed by atoms with Gasteiger partial charge in [-0.25, -0.2) is 0 Å². The van der Waals surface area contributed by atoms with Crippen LogP contribution in [0.5, 0.6) is 5.75 Å². The van der Waals surface area contributed by atoms with E-state index in [2.05, 4.69) is 66.7 Å². The maximum absolute atomic E-state index is 6.13. The van der Waals surface area contributed by atoms with Gasteiger partial charge in [-0.3, -0.25) is 0 Å². The molecular weight excluding hydrogens is 292 g/mol. The summed E-state index contributed by atoms with van der Waals surface area (Å²) in [6.45, 7) is 0.529. The van der Waals surface area contributed by atoms with Crippen molar-refractivity contribution in [2.24, 2.45) is 0 Å². The Morgan fingerprint density at radius 3 is 2.42 bits per heavy atom. The molecule has 4 aromatic carbocycles. The van der Waals surface area contributed by atoms with Crippen molar-refractivity contribution in [1.82, 2.24) is 0 Å². The van der Waals surface area contributed by atoms with E-state index in [-0.39, 0.29) is 0 Å². The second-order valence-electron chi connectivity index (χ2n) is 5.71. The number of ether oxygens (including phenoxy) is 1. The van der Waals surface area contributed by atoms with E-state index in [9.17, 15) is 0 Å². The van der Waals surface area contributed by atoms with Crippen LogP contribution < -0.4 is 4.74 Å². The minimum atomic E-state index is 0.529. The van der Waals surface area contributed by atoms with Crippen molar-refractivity contribution in [2.75, 3.05) is 0 Å². The average molecular weight is 309 g/mol. The van der Waals surface area contributed by atoms with Gasteiger partial charge in [-0.1, -0.05) is 91.0 Å². The zero-order valence-electron chi connectivity index (χ0n) is 13.3. The zero-order valence-corrected chi connectivity index (χ0v) is 13.3. The van der Waals surface area contributed by atoms with E-state index in [0.29, 0.717) is 6.61 Å². The molecule has 0 atom stereocenters. The Balaban J connectivity index is 1.65. The summed E-state index contributed by atoms with van der Waals surface area (Å²) in [5.41, 5.74) is 3.39. The lowest BCUT2D eigenvalue weighted by Crippen LogP contribution is -1.98. The highest BCUT2D eigenvalue weighted by Gasteiger charge is 2.07. The molecule has 1 radical (unpaired) electrons. The van der Waals surface area contributed by atoms with Crippen molar-refractivity contribution < 1.29 is 4.74 Å². The van der Waals surface area contributed by atoms with Gasteiger partial charge in [0.2, 0.25) is 0 Å². The van der Waals surface area contributed by atoms with Gasteiger partial charge in [-0.15, -0.1) is 0 Å². The lowest BCUT2D eigenvalue weighted by Gasteiger charge is -2.12. The van der Waals surface area contributed by atoms with Gasteiger partial charge in [-0.2, -0.15) is 0 Å². The second kappa shape index (κ2) is 6.59. The van der Waals surface area contributed by atoms with Crippen molar-refractivity contribution in [3.63, 3.8) is 0 Å². The van der Waals surface area contributed by atoms with Crippen LogP contribution in [0.25, 0.3) is 21.9 Å². The number of benzene rings is 4. The summed E-state index contributed by atoms with van der Waals surface area (Å²) in [5.74, 6) is 0.789. The standard InChI is InChI=1S/C23H17O/c1-2-9-19(10-3-1)22-15-6-7-16-23(22)24-17-20-13-8-12-18-11-4-5-14-21(18)20/h1-15H,17H2. The highest BCUT2D eigenvalue weighted by Crippen LogP contribution is 2.30. The summed E-state index contributed by atoms with van der Waals surface area (Å²) in [6.07, 6.45) is 0. The van der Waals surface area contributed by atoms with Crippen LogP contribution in [0, 0.1) is 6.07 Å². The molecular formula is C23H17O. The van der Waals surface area contributed by atoms with Crippen LogP contribution in [0.4, 0.5) is 0 Å². The molecule has 0 spiro atoms. The number of hydrogen-bond donors (Lipinski definition) is 0. The molecule has 0 amide bonds. The molecule has 115 valence electrons. The van der Waals surface area contributed by atoms with Crippen LogP contribution in [0.15, 0.2) is 91.0 Å². The summed E-state index contributed by atoms with van der Waals surface area (Å²) in [7, 11) is 0. The van der Waals surface area contributed by atoms with Gasteiger partial charge in [0, 0.05) is 11.6 Å². The van der Waals surface area contributed by atoms with Crippen LogP contribution >= 0.6 is 0 Å². The van der Waals surface area contributed by atoms with E-state index in [1.807, 2.05) is 30.3 Å². The van der Waals surface area contributed by atoms with Crippen molar-refractivity contribution in [3.05, 3.63) is 103 Å². The Morgan fingerprint density at radius 2 is 1.50 bits per heavy atom. The predicted molar refractivity (Wildman–Crippen MR) is 99.0 cm³/mol. The number of fused-ring (bicyclic) bond motifs is 1. The molecule has 0 bridgehead atoms. The highest BCUT2D eigenvalue weighted by atomic mass is 16.5. The quantitative estimate of drug-likeness (QED) is 0.457. The van der Waals surface area contributed by atoms with Gasteiger partial charge < -0.3 is 4.74 Å². The molecule has 4 rings (SSSR count). The first-order valence-corrected chi connectivity index (χ1v) is 8.07. The third-order valence-corrected chi connectivity index (χ3v) is 4.15. The van der Waals surface area contributed by atoms with Gasteiger partial charge in [-0.05, 0) is 21.9 Å². The summed E-state index contributed by atoms with van der Waals surface area (Å²) in [6, 6.07) is 34.2. The van der Waals surface area contributed by atoms with Gasteiger partial charge in [0.1, 0.15) is 12.4 Å². The van der Waals surface area contributed by atoms with Crippen molar-refractivity contribution in [1.29, 1.82) is 0 Å². The first kappa shape index (κ1) is 14.5. The fraction of sp³-hybridized carbons (Fsp3) is 0.0435. The Bertz CT molecular complexity index is 952. The normalized spacial score (nSPS) is 10.7.